The molecule has 0 atom stereocenters. The lowest BCUT2D eigenvalue weighted by Gasteiger charge is -2.08. The Morgan fingerprint density at radius 3 is 2.59 bits per heavy atom. The van der Waals surface area contributed by atoms with Crippen LogP contribution in [0.4, 0.5) is 0 Å². The van der Waals surface area contributed by atoms with E-state index in [1.165, 1.54) is 4.57 Å². The van der Waals surface area contributed by atoms with Crippen LogP contribution in [0.2, 0.25) is 10.0 Å². The molecular weight excluding hydrogens is 391 g/mol. The number of nitrogens with one attached hydrogen (secondary N) is 1. The molecule has 9 heteroatoms. The van der Waals surface area contributed by atoms with E-state index in [-0.39, 0.29) is 6.61 Å². The van der Waals surface area contributed by atoms with Crippen LogP contribution >= 0.6 is 23.2 Å². The van der Waals surface area contributed by atoms with Crippen LogP contribution in [0.5, 0.6) is 5.75 Å². The summed E-state index contributed by atoms with van der Waals surface area (Å²) in [4.78, 5) is 31.5. The SMILES string of the molecule is CCCCn1c(=O)[nH]c(=O)c2c1nc(COc1ccc(Cl)c(Cl)c1)n2CC. The van der Waals surface area contributed by atoms with Crippen LogP contribution in [-0.4, -0.2) is 19.1 Å². The van der Waals surface area contributed by atoms with E-state index >= 15 is 0 Å². The summed E-state index contributed by atoms with van der Waals surface area (Å²) in [5.74, 6) is 1.09. The second kappa shape index (κ2) is 8.19. The lowest BCUT2D eigenvalue weighted by atomic mass is 10.3. The van der Waals surface area contributed by atoms with Gasteiger partial charge in [0.05, 0.1) is 10.0 Å². The number of nitrogens with zero attached hydrogens (tertiary/aromatic N) is 3. The molecule has 0 radical (unpaired) electrons. The van der Waals surface area contributed by atoms with Gasteiger partial charge in [-0.25, -0.2) is 9.78 Å². The lowest BCUT2D eigenvalue weighted by Crippen LogP contribution is -2.31. The number of rotatable bonds is 7. The quantitative estimate of drug-likeness (QED) is 0.644. The van der Waals surface area contributed by atoms with Gasteiger partial charge in [-0.3, -0.25) is 14.3 Å². The zero-order valence-electron chi connectivity index (χ0n) is 15.1. The number of aromatic amines is 1. The molecule has 0 saturated heterocycles. The smallest absolute Gasteiger partial charge is 0.330 e. The summed E-state index contributed by atoms with van der Waals surface area (Å²) in [6.45, 7) is 5.09. The van der Waals surface area contributed by atoms with Crippen molar-refractivity contribution in [2.75, 3.05) is 0 Å². The van der Waals surface area contributed by atoms with Gasteiger partial charge in [-0.1, -0.05) is 36.5 Å². The lowest BCUT2D eigenvalue weighted by molar-refractivity contribution is 0.290. The fourth-order valence-electron chi connectivity index (χ4n) is 2.91. The molecule has 0 saturated carbocycles. The third kappa shape index (κ3) is 3.89. The van der Waals surface area contributed by atoms with Crippen molar-refractivity contribution in [3.8, 4) is 5.75 Å². The Morgan fingerprint density at radius 1 is 1.15 bits per heavy atom. The van der Waals surface area contributed by atoms with E-state index in [9.17, 15) is 9.59 Å². The molecule has 0 bridgehead atoms. The zero-order valence-corrected chi connectivity index (χ0v) is 16.6. The Kier molecular flexibility index (Phi) is 5.92. The average Bonchev–Trinajstić information content (AvgIpc) is 3.01. The summed E-state index contributed by atoms with van der Waals surface area (Å²) in [7, 11) is 0. The molecule has 3 rings (SSSR count). The van der Waals surface area contributed by atoms with Crippen LogP contribution in [0.1, 0.15) is 32.5 Å². The molecule has 0 aliphatic rings. The molecule has 7 nitrogen and oxygen atoms in total. The maximum atomic E-state index is 12.4. The second-order valence-electron chi connectivity index (χ2n) is 6.07. The van der Waals surface area contributed by atoms with Crippen molar-refractivity contribution in [1.29, 1.82) is 0 Å². The normalized spacial score (nSPS) is 11.3. The Hall–Kier alpha value is -2.25. The highest BCUT2D eigenvalue weighted by Gasteiger charge is 2.18. The highest BCUT2D eigenvalue weighted by Crippen LogP contribution is 2.27. The number of H-pyrrole nitrogens is 1. The summed E-state index contributed by atoms with van der Waals surface area (Å²) < 4.78 is 9.03. The minimum Gasteiger partial charge on any atom is -0.486 e. The van der Waals surface area contributed by atoms with Crippen LogP contribution in [0.15, 0.2) is 27.8 Å². The van der Waals surface area contributed by atoms with Gasteiger partial charge >= 0.3 is 5.69 Å². The van der Waals surface area contributed by atoms with E-state index in [1.807, 2.05) is 13.8 Å². The molecule has 0 aliphatic carbocycles. The second-order valence-corrected chi connectivity index (χ2v) is 6.89. The third-order valence-corrected chi connectivity index (χ3v) is 5.01. The molecule has 0 amide bonds. The van der Waals surface area contributed by atoms with Crippen molar-refractivity contribution < 1.29 is 4.74 Å². The van der Waals surface area contributed by atoms with Crippen molar-refractivity contribution in [2.24, 2.45) is 0 Å². The first-order valence-corrected chi connectivity index (χ1v) is 9.51. The number of imidazole rings is 1. The molecule has 3 aromatic rings. The number of halogens is 2. The van der Waals surface area contributed by atoms with Gasteiger partial charge < -0.3 is 9.30 Å². The van der Waals surface area contributed by atoms with Gasteiger partial charge in [-0.15, -0.1) is 0 Å². The highest BCUT2D eigenvalue weighted by atomic mass is 35.5. The minimum absolute atomic E-state index is 0.127. The number of aryl methyl sites for hydroxylation is 2. The molecule has 0 fully saturated rings. The summed E-state index contributed by atoms with van der Waals surface area (Å²) in [5.41, 5.74) is -0.135. The topological polar surface area (TPSA) is 81.9 Å². The Labute approximate surface area is 165 Å². The summed E-state index contributed by atoms with van der Waals surface area (Å²) in [6, 6.07) is 4.97. The van der Waals surface area contributed by atoms with E-state index in [1.54, 1.807) is 22.8 Å². The van der Waals surface area contributed by atoms with Gasteiger partial charge in [-0.05, 0) is 25.5 Å². The van der Waals surface area contributed by atoms with E-state index in [2.05, 4.69) is 9.97 Å². The molecule has 0 unspecified atom stereocenters. The number of hydrogen-bond acceptors (Lipinski definition) is 4. The number of fused-ring (bicyclic) bond motifs is 1. The van der Waals surface area contributed by atoms with Crippen molar-refractivity contribution in [3.63, 3.8) is 0 Å². The van der Waals surface area contributed by atoms with E-state index in [0.29, 0.717) is 45.9 Å². The van der Waals surface area contributed by atoms with Gasteiger partial charge in [0, 0.05) is 19.2 Å². The number of benzene rings is 1. The predicted molar refractivity (Wildman–Crippen MR) is 106 cm³/mol. The standard InChI is InChI=1S/C18H20Cl2N4O3/c1-3-5-8-24-16-15(17(25)22-18(24)26)23(4-2)14(21-16)10-27-11-6-7-12(19)13(20)9-11/h6-7,9H,3-5,8,10H2,1-2H3,(H,22,25,26). The average molecular weight is 411 g/mol. The molecule has 27 heavy (non-hydrogen) atoms. The Balaban J connectivity index is 2.02. The molecule has 0 aliphatic heterocycles. The zero-order chi connectivity index (χ0) is 19.6. The van der Waals surface area contributed by atoms with Crippen LogP contribution in [0, 0.1) is 0 Å². The van der Waals surface area contributed by atoms with Gasteiger partial charge in [0.2, 0.25) is 0 Å². The van der Waals surface area contributed by atoms with Crippen LogP contribution in [0.3, 0.4) is 0 Å². The van der Waals surface area contributed by atoms with E-state index in [0.717, 1.165) is 12.8 Å². The molecule has 144 valence electrons. The van der Waals surface area contributed by atoms with Crippen molar-refractivity contribution in [1.82, 2.24) is 19.1 Å². The number of unbranched alkanes of at least 4 members (excludes halogenated alkanes) is 1. The molecule has 0 spiro atoms. The van der Waals surface area contributed by atoms with Crippen LogP contribution in [0.25, 0.3) is 11.2 Å². The number of aromatic nitrogens is 4. The fraction of sp³-hybridized carbons (Fsp3) is 0.389. The van der Waals surface area contributed by atoms with Crippen LogP contribution in [-0.2, 0) is 19.7 Å². The van der Waals surface area contributed by atoms with Gasteiger partial charge in [0.1, 0.15) is 18.2 Å². The van der Waals surface area contributed by atoms with Crippen molar-refractivity contribution >= 4 is 34.4 Å². The molecule has 2 heterocycles. The van der Waals surface area contributed by atoms with E-state index in [4.69, 9.17) is 27.9 Å². The molecule has 1 aromatic carbocycles. The van der Waals surface area contributed by atoms with E-state index < -0.39 is 11.2 Å². The van der Waals surface area contributed by atoms with Gasteiger partial charge in [0.15, 0.2) is 11.2 Å². The first-order valence-electron chi connectivity index (χ1n) is 8.76. The summed E-state index contributed by atoms with van der Waals surface area (Å²) in [5, 5.41) is 0.833. The molecular formula is C18H20Cl2N4O3. The summed E-state index contributed by atoms with van der Waals surface area (Å²) in [6.07, 6.45) is 1.74. The van der Waals surface area contributed by atoms with Crippen molar-refractivity contribution in [3.05, 3.63) is 54.9 Å². The Morgan fingerprint density at radius 2 is 1.93 bits per heavy atom. The first kappa shape index (κ1) is 19.5. The maximum absolute atomic E-state index is 12.4. The molecule has 2 aromatic heterocycles. The molecule has 1 N–H and O–H groups in total. The van der Waals surface area contributed by atoms with Gasteiger partial charge in [0.25, 0.3) is 5.56 Å². The first-order chi connectivity index (χ1) is 13.0. The Bertz CT molecular complexity index is 1080. The highest BCUT2D eigenvalue weighted by molar-refractivity contribution is 6.42. The monoisotopic (exact) mass is 410 g/mol. The maximum Gasteiger partial charge on any atom is 0.330 e. The summed E-state index contributed by atoms with van der Waals surface area (Å²) >= 11 is 11.9. The minimum atomic E-state index is -0.446. The van der Waals surface area contributed by atoms with Crippen LogP contribution < -0.4 is 16.0 Å². The number of ether oxygens (including phenoxy) is 1. The largest absolute Gasteiger partial charge is 0.486 e. The third-order valence-electron chi connectivity index (χ3n) is 4.28. The van der Waals surface area contributed by atoms with Gasteiger partial charge in [-0.2, -0.15) is 0 Å². The van der Waals surface area contributed by atoms with Crippen molar-refractivity contribution in [2.45, 2.75) is 46.4 Å². The fourth-order valence-corrected chi connectivity index (χ4v) is 3.19. The predicted octanol–water partition coefficient (Wildman–Crippen LogP) is 3.59. The number of hydrogen-bond donors (Lipinski definition) is 1.